The van der Waals surface area contributed by atoms with Gasteiger partial charge in [0.25, 0.3) is 5.91 Å². The van der Waals surface area contributed by atoms with E-state index in [1.807, 2.05) is 25.1 Å². The summed E-state index contributed by atoms with van der Waals surface area (Å²) in [7, 11) is 0. The topological polar surface area (TPSA) is 55.6 Å². The van der Waals surface area contributed by atoms with E-state index in [1.165, 1.54) is 0 Å². The Balaban J connectivity index is 2.02. The quantitative estimate of drug-likeness (QED) is 0.881. The van der Waals surface area contributed by atoms with Crippen molar-refractivity contribution >= 4 is 5.91 Å². The first-order valence-corrected chi connectivity index (χ1v) is 6.33. The van der Waals surface area contributed by atoms with Crippen LogP contribution in [0.2, 0.25) is 0 Å². The molecule has 1 aliphatic heterocycles. The molecule has 0 saturated carbocycles. The fraction of sp³-hybridized carbons (Fsp3) is 0.500. The van der Waals surface area contributed by atoms with E-state index in [2.05, 4.69) is 6.92 Å². The lowest BCUT2D eigenvalue weighted by Gasteiger charge is -2.45. The van der Waals surface area contributed by atoms with Gasteiger partial charge in [0.05, 0.1) is 6.61 Å². The van der Waals surface area contributed by atoms with E-state index in [9.17, 15) is 4.79 Å². The normalized spacial score (nSPS) is 17.2. The molecule has 1 fully saturated rings. The Morgan fingerprint density at radius 1 is 1.50 bits per heavy atom. The fourth-order valence-corrected chi connectivity index (χ4v) is 2.09. The Kier molecular flexibility index (Phi) is 3.57. The Labute approximate surface area is 108 Å². The molecule has 4 heteroatoms. The van der Waals surface area contributed by atoms with Gasteiger partial charge in [0.1, 0.15) is 5.75 Å². The Bertz CT molecular complexity index is 435. The van der Waals surface area contributed by atoms with Crippen LogP contribution in [0.3, 0.4) is 0 Å². The van der Waals surface area contributed by atoms with Gasteiger partial charge in [-0.15, -0.1) is 0 Å². The lowest BCUT2D eigenvalue weighted by Crippen LogP contribution is -2.66. The summed E-state index contributed by atoms with van der Waals surface area (Å²) in [6.45, 7) is 5.91. The number of carbonyl (C=O) groups is 1. The molecule has 1 amide bonds. The SMILES string of the molecule is CCCOc1cccc(C(=O)N2CC(C)(N)C2)c1. The summed E-state index contributed by atoms with van der Waals surface area (Å²) in [5.41, 5.74) is 6.34. The molecule has 98 valence electrons. The summed E-state index contributed by atoms with van der Waals surface area (Å²) >= 11 is 0. The van der Waals surface area contributed by atoms with Crippen molar-refractivity contribution < 1.29 is 9.53 Å². The standard InChI is InChI=1S/C14H20N2O2/c1-3-7-18-12-6-4-5-11(8-12)13(17)16-9-14(2,15)10-16/h4-6,8H,3,7,9-10,15H2,1-2H3. The molecule has 0 unspecified atom stereocenters. The summed E-state index contributed by atoms with van der Waals surface area (Å²) in [5.74, 6) is 0.776. The first kappa shape index (κ1) is 12.9. The van der Waals surface area contributed by atoms with Crippen LogP contribution in [0.25, 0.3) is 0 Å². The third-order valence-corrected chi connectivity index (χ3v) is 2.95. The largest absolute Gasteiger partial charge is 0.494 e. The first-order valence-electron chi connectivity index (χ1n) is 6.33. The minimum atomic E-state index is -0.230. The van der Waals surface area contributed by atoms with Crippen molar-refractivity contribution in [3.05, 3.63) is 29.8 Å². The van der Waals surface area contributed by atoms with Crippen molar-refractivity contribution in [2.24, 2.45) is 5.73 Å². The number of benzene rings is 1. The highest BCUT2D eigenvalue weighted by Crippen LogP contribution is 2.22. The summed E-state index contributed by atoms with van der Waals surface area (Å²) in [6, 6.07) is 7.33. The minimum absolute atomic E-state index is 0.0277. The highest BCUT2D eigenvalue weighted by atomic mass is 16.5. The van der Waals surface area contributed by atoms with Gasteiger partial charge < -0.3 is 15.4 Å². The number of rotatable bonds is 4. The lowest BCUT2D eigenvalue weighted by molar-refractivity contribution is 0.0453. The van der Waals surface area contributed by atoms with Crippen molar-refractivity contribution in [3.63, 3.8) is 0 Å². The average molecular weight is 248 g/mol. The van der Waals surface area contributed by atoms with Crippen LogP contribution >= 0.6 is 0 Å². The second kappa shape index (κ2) is 4.98. The average Bonchev–Trinajstić information content (AvgIpc) is 2.33. The molecule has 4 nitrogen and oxygen atoms in total. The molecular formula is C14H20N2O2. The third kappa shape index (κ3) is 2.82. The fourth-order valence-electron chi connectivity index (χ4n) is 2.09. The Morgan fingerprint density at radius 3 is 2.83 bits per heavy atom. The molecule has 2 rings (SSSR count). The summed E-state index contributed by atoms with van der Waals surface area (Å²) in [4.78, 5) is 13.9. The van der Waals surface area contributed by atoms with Gasteiger partial charge in [-0.05, 0) is 31.5 Å². The maximum atomic E-state index is 12.2. The maximum Gasteiger partial charge on any atom is 0.254 e. The molecule has 0 radical (unpaired) electrons. The second-order valence-corrected chi connectivity index (χ2v) is 5.19. The van der Waals surface area contributed by atoms with Crippen molar-refractivity contribution in [2.75, 3.05) is 19.7 Å². The van der Waals surface area contributed by atoms with E-state index in [0.29, 0.717) is 25.3 Å². The third-order valence-electron chi connectivity index (χ3n) is 2.95. The van der Waals surface area contributed by atoms with Gasteiger partial charge in [-0.25, -0.2) is 0 Å². The van der Waals surface area contributed by atoms with Crippen molar-refractivity contribution in [3.8, 4) is 5.75 Å². The molecular weight excluding hydrogens is 228 g/mol. The predicted octanol–water partition coefficient (Wildman–Crippen LogP) is 1.65. The van der Waals surface area contributed by atoms with Crippen LogP contribution in [0.5, 0.6) is 5.75 Å². The lowest BCUT2D eigenvalue weighted by atomic mass is 9.93. The van der Waals surface area contributed by atoms with Crippen LogP contribution in [-0.2, 0) is 0 Å². The number of nitrogens with two attached hydrogens (primary N) is 1. The van der Waals surface area contributed by atoms with Crippen molar-refractivity contribution in [1.82, 2.24) is 4.90 Å². The van der Waals surface area contributed by atoms with Crippen LogP contribution in [0.15, 0.2) is 24.3 Å². The molecule has 1 aromatic carbocycles. The van der Waals surface area contributed by atoms with Gasteiger partial charge >= 0.3 is 0 Å². The number of hydrogen-bond donors (Lipinski definition) is 1. The number of amides is 1. The molecule has 1 heterocycles. The van der Waals surface area contributed by atoms with Gasteiger partial charge in [-0.1, -0.05) is 13.0 Å². The number of hydrogen-bond acceptors (Lipinski definition) is 3. The zero-order chi connectivity index (χ0) is 13.2. The number of likely N-dealkylation sites (tertiary alicyclic amines) is 1. The molecule has 18 heavy (non-hydrogen) atoms. The van der Waals surface area contributed by atoms with E-state index >= 15 is 0 Å². The zero-order valence-corrected chi connectivity index (χ0v) is 11.0. The van der Waals surface area contributed by atoms with Crippen molar-refractivity contribution in [1.29, 1.82) is 0 Å². The van der Waals surface area contributed by atoms with Crippen molar-refractivity contribution in [2.45, 2.75) is 25.8 Å². The molecule has 0 spiro atoms. The highest BCUT2D eigenvalue weighted by Gasteiger charge is 2.38. The molecule has 0 aliphatic carbocycles. The minimum Gasteiger partial charge on any atom is -0.494 e. The van der Waals surface area contributed by atoms with Gasteiger partial charge in [0, 0.05) is 24.2 Å². The number of carbonyl (C=O) groups excluding carboxylic acids is 1. The van der Waals surface area contributed by atoms with E-state index < -0.39 is 0 Å². The molecule has 2 N–H and O–H groups in total. The zero-order valence-electron chi connectivity index (χ0n) is 11.0. The van der Waals surface area contributed by atoms with E-state index in [0.717, 1.165) is 12.2 Å². The van der Waals surface area contributed by atoms with E-state index in [4.69, 9.17) is 10.5 Å². The van der Waals surface area contributed by atoms with Crippen LogP contribution in [0.4, 0.5) is 0 Å². The number of nitrogens with zero attached hydrogens (tertiary/aromatic N) is 1. The number of ether oxygens (including phenoxy) is 1. The maximum absolute atomic E-state index is 12.2. The smallest absolute Gasteiger partial charge is 0.254 e. The molecule has 0 aromatic heterocycles. The second-order valence-electron chi connectivity index (χ2n) is 5.19. The molecule has 0 atom stereocenters. The van der Waals surface area contributed by atoms with Crippen LogP contribution in [0.1, 0.15) is 30.6 Å². The van der Waals surface area contributed by atoms with Crippen LogP contribution in [0, 0.1) is 0 Å². The summed E-state index contributed by atoms with van der Waals surface area (Å²) in [6.07, 6.45) is 0.954. The van der Waals surface area contributed by atoms with Gasteiger partial charge in [0.2, 0.25) is 0 Å². The molecule has 1 aromatic rings. The summed E-state index contributed by atoms with van der Waals surface area (Å²) in [5, 5.41) is 0. The van der Waals surface area contributed by atoms with Gasteiger partial charge in [0.15, 0.2) is 0 Å². The highest BCUT2D eigenvalue weighted by molar-refractivity contribution is 5.95. The van der Waals surface area contributed by atoms with E-state index in [-0.39, 0.29) is 11.4 Å². The molecule has 1 aliphatic rings. The van der Waals surface area contributed by atoms with Crippen LogP contribution < -0.4 is 10.5 Å². The van der Waals surface area contributed by atoms with Crippen LogP contribution in [-0.4, -0.2) is 36.0 Å². The van der Waals surface area contributed by atoms with Gasteiger partial charge in [-0.2, -0.15) is 0 Å². The molecule has 0 bridgehead atoms. The Hall–Kier alpha value is -1.55. The van der Waals surface area contributed by atoms with E-state index in [1.54, 1.807) is 11.0 Å². The predicted molar refractivity (Wildman–Crippen MR) is 70.7 cm³/mol. The monoisotopic (exact) mass is 248 g/mol. The molecule has 1 saturated heterocycles. The first-order chi connectivity index (χ1) is 8.52. The summed E-state index contributed by atoms with van der Waals surface area (Å²) < 4.78 is 5.52. The Morgan fingerprint density at radius 2 is 2.22 bits per heavy atom. The van der Waals surface area contributed by atoms with Gasteiger partial charge in [-0.3, -0.25) is 4.79 Å².